The summed E-state index contributed by atoms with van der Waals surface area (Å²) in [6.07, 6.45) is 0.447. The van der Waals surface area contributed by atoms with Gasteiger partial charge in [-0.05, 0) is 24.8 Å². The molecule has 0 radical (unpaired) electrons. The fourth-order valence-corrected chi connectivity index (χ4v) is 1.16. The Balaban J connectivity index is 2.30. The van der Waals surface area contributed by atoms with Crippen LogP contribution < -0.4 is 5.32 Å². The third kappa shape index (κ3) is 3.55. The summed E-state index contributed by atoms with van der Waals surface area (Å²) in [6, 6.07) is 3.73. The van der Waals surface area contributed by atoms with Gasteiger partial charge in [-0.15, -0.1) is 0 Å². The molecule has 0 bridgehead atoms. The predicted octanol–water partition coefficient (Wildman–Crippen LogP) is 1.52. The molecule has 1 rings (SSSR count). The van der Waals surface area contributed by atoms with Crippen LogP contribution >= 0.6 is 12.6 Å². The van der Waals surface area contributed by atoms with E-state index in [0.29, 0.717) is 18.7 Å². The average molecular weight is 199 g/mol. The molecule has 1 heterocycles. The molecular weight excluding hydrogens is 186 g/mol. The lowest BCUT2D eigenvalue weighted by molar-refractivity contribution is -0.120. The Morgan fingerprint density at radius 2 is 2.38 bits per heavy atom. The van der Waals surface area contributed by atoms with Crippen LogP contribution in [0.15, 0.2) is 16.5 Å². The molecule has 1 aromatic heterocycles. The van der Waals surface area contributed by atoms with Crippen molar-refractivity contribution in [3.05, 3.63) is 23.7 Å². The van der Waals surface area contributed by atoms with Crippen molar-refractivity contribution in [1.82, 2.24) is 5.32 Å². The Morgan fingerprint density at radius 3 is 2.92 bits per heavy atom. The summed E-state index contributed by atoms with van der Waals surface area (Å²) in [5.74, 6) is 2.22. The van der Waals surface area contributed by atoms with Gasteiger partial charge in [0.05, 0.1) is 6.54 Å². The summed E-state index contributed by atoms with van der Waals surface area (Å²) in [5, 5.41) is 2.73. The minimum atomic E-state index is 0.00375. The Labute approximate surface area is 82.9 Å². The number of nitrogens with one attached hydrogen (secondary N) is 1. The molecule has 3 nitrogen and oxygen atoms in total. The fourth-order valence-electron chi connectivity index (χ4n) is 0.956. The SMILES string of the molecule is Cc1ccc(CNC(=O)CCS)o1. The fraction of sp³-hybridized carbons (Fsp3) is 0.444. The number of amides is 1. The molecule has 0 aromatic carbocycles. The molecule has 0 fully saturated rings. The van der Waals surface area contributed by atoms with Crippen molar-refractivity contribution in [2.45, 2.75) is 19.9 Å². The van der Waals surface area contributed by atoms with Gasteiger partial charge in [0, 0.05) is 6.42 Å². The largest absolute Gasteiger partial charge is 0.465 e. The summed E-state index contributed by atoms with van der Waals surface area (Å²) in [6.45, 7) is 2.33. The standard InChI is InChI=1S/C9H13NO2S/c1-7-2-3-8(12-7)6-10-9(11)4-5-13/h2-3,13H,4-6H2,1H3,(H,10,11). The molecule has 0 aliphatic rings. The molecule has 13 heavy (non-hydrogen) atoms. The minimum absolute atomic E-state index is 0.00375. The molecule has 0 unspecified atom stereocenters. The number of thiol groups is 1. The zero-order valence-corrected chi connectivity index (χ0v) is 8.43. The van der Waals surface area contributed by atoms with E-state index >= 15 is 0 Å². The minimum Gasteiger partial charge on any atom is -0.465 e. The van der Waals surface area contributed by atoms with Crippen molar-refractivity contribution in [1.29, 1.82) is 0 Å². The molecule has 0 atom stereocenters. The van der Waals surface area contributed by atoms with E-state index in [1.54, 1.807) is 0 Å². The Morgan fingerprint density at radius 1 is 1.62 bits per heavy atom. The highest BCUT2D eigenvalue weighted by molar-refractivity contribution is 7.80. The number of rotatable bonds is 4. The molecule has 0 aliphatic heterocycles. The normalized spacial score (nSPS) is 10.0. The number of hydrogen-bond acceptors (Lipinski definition) is 3. The predicted molar refractivity (Wildman–Crippen MR) is 53.8 cm³/mol. The zero-order valence-electron chi connectivity index (χ0n) is 7.54. The van der Waals surface area contributed by atoms with E-state index in [1.807, 2.05) is 19.1 Å². The van der Waals surface area contributed by atoms with Gasteiger partial charge in [0.2, 0.25) is 5.91 Å². The van der Waals surface area contributed by atoms with Gasteiger partial charge >= 0.3 is 0 Å². The molecule has 1 N–H and O–H groups in total. The highest BCUT2D eigenvalue weighted by Gasteiger charge is 2.01. The van der Waals surface area contributed by atoms with Gasteiger partial charge in [0.15, 0.2) is 0 Å². The summed E-state index contributed by atoms with van der Waals surface area (Å²) in [5.41, 5.74) is 0. The van der Waals surface area contributed by atoms with Gasteiger partial charge in [0.25, 0.3) is 0 Å². The van der Waals surface area contributed by atoms with E-state index in [9.17, 15) is 4.79 Å². The number of carbonyl (C=O) groups excluding carboxylic acids is 1. The second kappa shape index (κ2) is 4.97. The van der Waals surface area contributed by atoms with Crippen molar-refractivity contribution in [3.8, 4) is 0 Å². The molecule has 0 aliphatic carbocycles. The smallest absolute Gasteiger partial charge is 0.221 e. The molecule has 0 saturated carbocycles. The molecule has 4 heteroatoms. The highest BCUT2D eigenvalue weighted by Crippen LogP contribution is 2.05. The van der Waals surface area contributed by atoms with Gasteiger partial charge in [-0.1, -0.05) is 0 Å². The lowest BCUT2D eigenvalue weighted by Crippen LogP contribution is -2.22. The molecular formula is C9H13NO2S. The van der Waals surface area contributed by atoms with Gasteiger partial charge < -0.3 is 9.73 Å². The second-order valence-electron chi connectivity index (χ2n) is 2.76. The maximum absolute atomic E-state index is 11.0. The monoisotopic (exact) mass is 199 g/mol. The van der Waals surface area contributed by atoms with E-state index in [1.165, 1.54) is 0 Å². The van der Waals surface area contributed by atoms with Crippen LogP contribution in [0, 0.1) is 6.92 Å². The quantitative estimate of drug-likeness (QED) is 0.722. The van der Waals surface area contributed by atoms with Crippen molar-refractivity contribution in [3.63, 3.8) is 0 Å². The average Bonchev–Trinajstić information content (AvgIpc) is 2.49. The van der Waals surface area contributed by atoms with Crippen LogP contribution in [0.25, 0.3) is 0 Å². The number of aryl methyl sites for hydroxylation is 1. The van der Waals surface area contributed by atoms with E-state index in [4.69, 9.17) is 4.42 Å². The van der Waals surface area contributed by atoms with Gasteiger partial charge in [-0.25, -0.2) is 0 Å². The lowest BCUT2D eigenvalue weighted by Gasteiger charge is -2.00. The molecule has 1 aromatic rings. The summed E-state index contributed by atoms with van der Waals surface area (Å²) in [4.78, 5) is 11.0. The molecule has 1 amide bonds. The first-order valence-electron chi connectivity index (χ1n) is 4.15. The van der Waals surface area contributed by atoms with Crippen LogP contribution in [0.2, 0.25) is 0 Å². The summed E-state index contributed by atoms with van der Waals surface area (Å²) < 4.78 is 5.28. The first-order valence-corrected chi connectivity index (χ1v) is 4.78. The van der Waals surface area contributed by atoms with Crippen LogP contribution in [-0.2, 0) is 11.3 Å². The van der Waals surface area contributed by atoms with Gasteiger partial charge in [0.1, 0.15) is 11.5 Å². The van der Waals surface area contributed by atoms with E-state index in [0.717, 1.165) is 11.5 Å². The number of carbonyl (C=O) groups is 1. The van der Waals surface area contributed by atoms with Crippen molar-refractivity contribution in [2.24, 2.45) is 0 Å². The lowest BCUT2D eigenvalue weighted by atomic mass is 10.4. The molecule has 72 valence electrons. The maximum Gasteiger partial charge on any atom is 0.221 e. The van der Waals surface area contributed by atoms with Crippen LogP contribution in [-0.4, -0.2) is 11.7 Å². The van der Waals surface area contributed by atoms with Crippen LogP contribution in [0.5, 0.6) is 0 Å². The Hall–Kier alpha value is -0.900. The summed E-state index contributed by atoms with van der Waals surface area (Å²) in [7, 11) is 0. The third-order valence-corrected chi connectivity index (χ3v) is 1.82. The van der Waals surface area contributed by atoms with Crippen LogP contribution in [0.1, 0.15) is 17.9 Å². The van der Waals surface area contributed by atoms with Gasteiger partial charge in [-0.3, -0.25) is 4.79 Å². The van der Waals surface area contributed by atoms with E-state index in [2.05, 4.69) is 17.9 Å². The topological polar surface area (TPSA) is 42.2 Å². The first-order chi connectivity index (χ1) is 6.22. The van der Waals surface area contributed by atoms with E-state index in [-0.39, 0.29) is 5.91 Å². The van der Waals surface area contributed by atoms with Crippen LogP contribution in [0.4, 0.5) is 0 Å². The molecule has 0 saturated heterocycles. The summed E-state index contributed by atoms with van der Waals surface area (Å²) >= 11 is 3.96. The van der Waals surface area contributed by atoms with Gasteiger partial charge in [-0.2, -0.15) is 12.6 Å². The highest BCUT2D eigenvalue weighted by atomic mass is 32.1. The third-order valence-electron chi connectivity index (χ3n) is 1.59. The van der Waals surface area contributed by atoms with Crippen LogP contribution in [0.3, 0.4) is 0 Å². The number of hydrogen-bond donors (Lipinski definition) is 2. The first kappa shape index (κ1) is 10.2. The Kier molecular flexibility index (Phi) is 3.89. The van der Waals surface area contributed by atoms with Crippen molar-refractivity contribution >= 4 is 18.5 Å². The second-order valence-corrected chi connectivity index (χ2v) is 3.21. The Bertz CT molecular complexity index is 283. The number of furan rings is 1. The van der Waals surface area contributed by atoms with E-state index < -0.39 is 0 Å². The van der Waals surface area contributed by atoms with Crippen molar-refractivity contribution < 1.29 is 9.21 Å². The zero-order chi connectivity index (χ0) is 9.68. The molecule has 0 spiro atoms. The van der Waals surface area contributed by atoms with Crippen molar-refractivity contribution in [2.75, 3.05) is 5.75 Å². The maximum atomic E-state index is 11.0.